The van der Waals surface area contributed by atoms with Gasteiger partial charge in [-0.05, 0) is 18.3 Å². The quantitative estimate of drug-likeness (QED) is 0.699. The fraction of sp³-hybridized carbons (Fsp3) is 0.900. The maximum Gasteiger partial charge on any atom is 0.409 e. The summed E-state index contributed by atoms with van der Waals surface area (Å²) in [5.41, 5.74) is 0. The second-order valence-electron chi connectivity index (χ2n) is 4.42. The highest BCUT2D eigenvalue weighted by Gasteiger charge is 2.36. The Morgan fingerprint density at radius 1 is 1.67 bits per heavy atom. The molecule has 2 radical (unpaired) electrons. The molecule has 1 N–H and O–H groups in total. The topological polar surface area (TPSA) is 41.6 Å². The average molecular weight is 210 g/mol. The van der Waals surface area contributed by atoms with Gasteiger partial charge in [-0.3, -0.25) is 0 Å². The fourth-order valence-corrected chi connectivity index (χ4v) is 2.11. The summed E-state index contributed by atoms with van der Waals surface area (Å²) in [5, 5.41) is 2.63. The number of rotatable bonds is 3. The van der Waals surface area contributed by atoms with E-state index in [1.807, 2.05) is 0 Å². The Balaban J connectivity index is 2.63. The first-order valence-electron chi connectivity index (χ1n) is 5.38. The smallest absolute Gasteiger partial charge is 0.409 e. The Labute approximate surface area is 92.8 Å². The summed E-state index contributed by atoms with van der Waals surface area (Å²) in [6.07, 6.45) is 0.746. The largest absolute Gasteiger partial charge is 0.453 e. The molecule has 0 aromatic carbocycles. The van der Waals surface area contributed by atoms with E-state index in [0.717, 1.165) is 13.0 Å². The van der Waals surface area contributed by atoms with Crippen molar-refractivity contribution in [3.8, 4) is 0 Å². The molecule has 15 heavy (non-hydrogen) atoms. The Bertz CT molecular complexity index is 223. The van der Waals surface area contributed by atoms with Crippen molar-refractivity contribution in [2.24, 2.45) is 11.8 Å². The first kappa shape index (κ1) is 12.4. The highest BCUT2D eigenvalue weighted by atomic mass is 16.5. The van der Waals surface area contributed by atoms with E-state index in [2.05, 4.69) is 19.1 Å². The monoisotopic (exact) mass is 210 g/mol. The van der Waals surface area contributed by atoms with Gasteiger partial charge in [-0.15, -0.1) is 0 Å². The highest BCUT2D eigenvalue weighted by molar-refractivity contribution is 6.04. The molecule has 5 heteroatoms. The first-order chi connectivity index (χ1) is 7.10. The van der Waals surface area contributed by atoms with Crippen molar-refractivity contribution in [1.29, 1.82) is 0 Å². The molecule has 1 rings (SSSR count). The van der Waals surface area contributed by atoms with Gasteiger partial charge >= 0.3 is 6.09 Å². The van der Waals surface area contributed by atoms with Gasteiger partial charge in [0.2, 0.25) is 0 Å². The third kappa shape index (κ3) is 2.87. The zero-order valence-electron chi connectivity index (χ0n) is 9.69. The van der Waals surface area contributed by atoms with Gasteiger partial charge in [-0.25, -0.2) is 4.79 Å². The SMILES string of the molecule is [B]NCC1CC(C(C)C)CN1C(=O)OC. The molecule has 84 valence electrons. The number of nitrogens with zero attached hydrogens (tertiary/aromatic N) is 1. The molecule has 1 fully saturated rings. The van der Waals surface area contributed by atoms with Crippen molar-refractivity contribution in [3.63, 3.8) is 0 Å². The molecule has 0 aliphatic carbocycles. The van der Waals surface area contributed by atoms with Crippen LogP contribution >= 0.6 is 0 Å². The van der Waals surface area contributed by atoms with Crippen molar-refractivity contribution in [1.82, 2.24) is 10.1 Å². The van der Waals surface area contributed by atoms with Crippen LogP contribution < -0.4 is 5.23 Å². The van der Waals surface area contributed by atoms with E-state index in [-0.39, 0.29) is 12.1 Å². The summed E-state index contributed by atoms with van der Waals surface area (Å²) in [4.78, 5) is 13.3. The molecular formula is C10H19BN2O2. The van der Waals surface area contributed by atoms with Gasteiger partial charge in [0.15, 0.2) is 7.98 Å². The zero-order valence-corrected chi connectivity index (χ0v) is 9.69. The Morgan fingerprint density at radius 2 is 2.33 bits per heavy atom. The number of methoxy groups -OCH3 is 1. The second-order valence-corrected chi connectivity index (χ2v) is 4.42. The van der Waals surface area contributed by atoms with E-state index in [0.29, 0.717) is 18.4 Å². The molecule has 1 heterocycles. The summed E-state index contributed by atoms with van der Waals surface area (Å²) in [6.45, 7) is 5.76. The molecule has 0 spiro atoms. The van der Waals surface area contributed by atoms with Crippen molar-refractivity contribution in [2.45, 2.75) is 26.3 Å². The maximum atomic E-state index is 11.5. The van der Waals surface area contributed by atoms with Gasteiger partial charge in [-0.1, -0.05) is 13.8 Å². The van der Waals surface area contributed by atoms with E-state index in [1.54, 1.807) is 4.90 Å². The Hall–Kier alpha value is -0.705. The van der Waals surface area contributed by atoms with Crippen LogP contribution in [0.3, 0.4) is 0 Å². The molecule has 0 aromatic rings. The van der Waals surface area contributed by atoms with Gasteiger partial charge in [-0.2, -0.15) is 0 Å². The van der Waals surface area contributed by atoms with Crippen molar-refractivity contribution in [2.75, 3.05) is 20.2 Å². The number of ether oxygens (including phenoxy) is 1. The van der Waals surface area contributed by atoms with E-state index in [9.17, 15) is 4.79 Å². The predicted molar refractivity (Wildman–Crippen MR) is 59.6 cm³/mol. The average Bonchev–Trinajstić information content (AvgIpc) is 2.61. The summed E-state index contributed by atoms with van der Waals surface area (Å²) in [7, 11) is 6.72. The molecular weight excluding hydrogens is 191 g/mol. The predicted octanol–water partition coefficient (Wildman–Crippen LogP) is 0.772. The maximum absolute atomic E-state index is 11.5. The van der Waals surface area contributed by atoms with Crippen LogP contribution in [0, 0.1) is 11.8 Å². The highest BCUT2D eigenvalue weighted by Crippen LogP contribution is 2.28. The van der Waals surface area contributed by atoms with E-state index >= 15 is 0 Å². The molecule has 1 aliphatic heterocycles. The van der Waals surface area contributed by atoms with Crippen molar-refractivity contribution in [3.05, 3.63) is 0 Å². The van der Waals surface area contributed by atoms with Gasteiger partial charge in [0, 0.05) is 19.1 Å². The lowest BCUT2D eigenvalue weighted by molar-refractivity contribution is 0.118. The fourth-order valence-electron chi connectivity index (χ4n) is 2.11. The van der Waals surface area contributed by atoms with Crippen LogP contribution in [-0.4, -0.2) is 45.2 Å². The number of likely N-dealkylation sites (tertiary alicyclic amines) is 1. The van der Waals surface area contributed by atoms with E-state index in [4.69, 9.17) is 12.7 Å². The number of carbonyl (C=O) groups is 1. The van der Waals surface area contributed by atoms with Crippen molar-refractivity contribution < 1.29 is 9.53 Å². The summed E-state index contributed by atoms with van der Waals surface area (Å²) >= 11 is 0. The zero-order chi connectivity index (χ0) is 11.4. The minimum atomic E-state index is -0.251. The van der Waals surface area contributed by atoms with Gasteiger partial charge < -0.3 is 14.9 Å². The number of hydrogen-bond donors (Lipinski definition) is 1. The third-order valence-corrected chi connectivity index (χ3v) is 3.15. The lowest BCUT2D eigenvalue weighted by atomic mass is 9.93. The number of nitrogens with one attached hydrogen (secondary N) is 1. The third-order valence-electron chi connectivity index (χ3n) is 3.15. The number of amides is 1. The molecule has 4 nitrogen and oxygen atoms in total. The molecule has 1 aliphatic rings. The minimum absolute atomic E-state index is 0.162. The minimum Gasteiger partial charge on any atom is -0.453 e. The summed E-state index contributed by atoms with van der Waals surface area (Å²) < 4.78 is 4.76. The van der Waals surface area contributed by atoms with Crippen LogP contribution in [0.1, 0.15) is 20.3 Å². The van der Waals surface area contributed by atoms with Gasteiger partial charge in [0.05, 0.1) is 7.11 Å². The van der Waals surface area contributed by atoms with E-state index < -0.39 is 0 Å². The Kier molecular flexibility index (Phi) is 4.45. The normalized spacial score (nSPS) is 26.0. The molecule has 1 amide bonds. The lowest BCUT2D eigenvalue weighted by Crippen LogP contribution is -2.41. The molecule has 2 atom stereocenters. The summed E-state index contributed by atoms with van der Waals surface area (Å²) in [5.74, 6) is 1.13. The summed E-state index contributed by atoms with van der Waals surface area (Å²) in [6, 6.07) is 0.162. The van der Waals surface area contributed by atoms with Gasteiger partial charge in [0.1, 0.15) is 0 Å². The molecule has 0 bridgehead atoms. The van der Waals surface area contributed by atoms with Crippen LogP contribution in [0.5, 0.6) is 0 Å². The van der Waals surface area contributed by atoms with Crippen molar-refractivity contribution >= 4 is 14.1 Å². The standard InChI is InChI=1S/C10H19BN2O2/c1-7(2)8-4-9(5-12-11)13(6-8)10(14)15-3/h7-9,12H,4-6H2,1-3H3. The molecule has 0 aromatic heterocycles. The second kappa shape index (κ2) is 5.40. The molecule has 1 saturated heterocycles. The Morgan fingerprint density at radius 3 is 2.80 bits per heavy atom. The van der Waals surface area contributed by atoms with E-state index in [1.165, 1.54) is 7.11 Å². The number of hydrogen-bond acceptors (Lipinski definition) is 3. The van der Waals surface area contributed by atoms with Crippen LogP contribution in [-0.2, 0) is 4.74 Å². The van der Waals surface area contributed by atoms with Crippen LogP contribution in [0.25, 0.3) is 0 Å². The molecule has 2 unspecified atom stereocenters. The first-order valence-corrected chi connectivity index (χ1v) is 5.38. The van der Waals surface area contributed by atoms with Crippen LogP contribution in [0.4, 0.5) is 4.79 Å². The lowest BCUT2D eigenvalue weighted by Gasteiger charge is -2.22. The number of carbonyl (C=O) groups excluding carboxylic acids is 1. The van der Waals surface area contributed by atoms with Crippen LogP contribution in [0.15, 0.2) is 0 Å². The van der Waals surface area contributed by atoms with Gasteiger partial charge in [0.25, 0.3) is 0 Å². The molecule has 0 saturated carbocycles. The van der Waals surface area contributed by atoms with Crippen LogP contribution in [0.2, 0.25) is 0 Å².